The molecule has 0 bridgehead atoms. The third kappa shape index (κ3) is 4.98. The van der Waals surface area contributed by atoms with Crippen LogP contribution in [0.3, 0.4) is 0 Å². The molecule has 0 saturated heterocycles. The number of benzene rings is 2. The third-order valence-electron chi connectivity index (χ3n) is 3.23. The van der Waals surface area contributed by atoms with Crippen LogP contribution in [-0.2, 0) is 10.0 Å². The van der Waals surface area contributed by atoms with Crippen LogP contribution < -0.4 is 9.88 Å². The molecule has 0 saturated carbocycles. The summed E-state index contributed by atoms with van der Waals surface area (Å²) >= 11 is 7.21. The van der Waals surface area contributed by atoms with E-state index in [1.807, 2.05) is 0 Å². The number of primary sulfonamides is 1. The van der Waals surface area contributed by atoms with Crippen molar-refractivity contribution in [3.63, 3.8) is 0 Å². The summed E-state index contributed by atoms with van der Waals surface area (Å²) in [6.45, 7) is 0.387. The van der Waals surface area contributed by atoms with Crippen LogP contribution in [0.2, 0.25) is 5.02 Å². The molecule has 0 aliphatic rings. The first-order valence-corrected chi connectivity index (χ1v) is 10.3. The highest BCUT2D eigenvalue weighted by Crippen LogP contribution is 2.24. The summed E-state index contributed by atoms with van der Waals surface area (Å²) in [4.78, 5) is 0.0415. The summed E-state index contributed by atoms with van der Waals surface area (Å²) in [7, 11) is -3.70. The fraction of sp³-hybridized carbons (Fsp3) is 0.125. The quantitative estimate of drug-likeness (QED) is 0.469. The van der Waals surface area contributed by atoms with E-state index in [9.17, 15) is 8.42 Å². The van der Waals surface area contributed by atoms with Gasteiger partial charge in [-0.25, -0.2) is 13.6 Å². The predicted molar refractivity (Wildman–Crippen MR) is 98.8 cm³/mol. The van der Waals surface area contributed by atoms with Crippen molar-refractivity contribution >= 4 is 33.4 Å². The smallest absolute Gasteiger partial charge is 0.276 e. The number of hydrogen-bond acceptors (Lipinski definition) is 7. The molecule has 0 unspecified atom stereocenters. The fourth-order valence-electron chi connectivity index (χ4n) is 1.99. The van der Waals surface area contributed by atoms with Gasteiger partial charge in [0.25, 0.3) is 5.22 Å². The summed E-state index contributed by atoms with van der Waals surface area (Å²) in [6, 6.07) is 13.0. The van der Waals surface area contributed by atoms with Crippen LogP contribution in [0, 0.1) is 0 Å². The lowest BCUT2D eigenvalue weighted by Crippen LogP contribution is -2.11. The van der Waals surface area contributed by atoms with Crippen LogP contribution in [0.4, 0.5) is 0 Å². The SMILES string of the molecule is NS(=O)(=O)c1ccc(OCCSc2nnc(-c3ccc(Cl)cc3)o2)cc1. The van der Waals surface area contributed by atoms with Gasteiger partial charge >= 0.3 is 0 Å². The first kappa shape index (κ1) is 18.7. The van der Waals surface area contributed by atoms with Crippen LogP contribution in [0.5, 0.6) is 5.75 Å². The van der Waals surface area contributed by atoms with Crippen LogP contribution in [0.25, 0.3) is 11.5 Å². The number of ether oxygens (including phenoxy) is 1. The van der Waals surface area contributed by atoms with Crippen molar-refractivity contribution in [2.24, 2.45) is 5.14 Å². The molecule has 0 aliphatic heterocycles. The second-order valence-corrected chi connectivity index (χ2v) is 8.14. The summed E-state index contributed by atoms with van der Waals surface area (Å²) in [6.07, 6.45) is 0. The van der Waals surface area contributed by atoms with E-state index >= 15 is 0 Å². The molecular weight excluding hydrogens is 398 g/mol. The lowest BCUT2D eigenvalue weighted by molar-refractivity contribution is 0.343. The average molecular weight is 412 g/mol. The van der Waals surface area contributed by atoms with Crippen LogP contribution in [-0.4, -0.2) is 31.0 Å². The van der Waals surface area contributed by atoms with Crippen molar-refractivity contribution in [2.75, 3.05) is 12.4 Å². The van der Waals surface area contributed by atoms with E-state index in [-0.39, 0.29) is 4.90 Å². The first-order valence-electron chi connectivity index (χ1n) is 7.40. The Bertz CT molecular complexity index is 973. The average Bonchev–Trinajstić information content (AvgIpc) is 3.08. The van der Waals surface area contributed by atoms with Crippen molar-refractivity contribution < 1.29 is 17.6 Å². The molecule has 2 N–H and O–H groups in total. The van der Waals surface area contributed by atoms with Crippen LogP contribution >= 0.6 is 23.4 Å². The van der Waals surface area contributed by atoms with Crippen molar-refractivity contribution in [1.82, 2.24) is 10.2 Å². The zero-order chi connectivity index (χ0) is 18.6. The van der Waals surface area contributed by atoms with Gasteiger partial charge in [0.15, 0.2) is 0 Å². The molecule has 1 heterocycles. The van der Waals surface area contributed by atoms with Crippen LogP contribution in [0.15, 0.2) is 63.1 Å². The standard InChI is InChI=1S/C16H14ClN3O4S2/c17-12-3-1-11(2-4-12)15-19-20-16(24-15)25-10-9-23-13-5-7-14(8-6-13)26(18,21)22/h1-8H,9-10H2,(H2,18,21,22). The minimum atomic E-state index is -3.70. The Balaban J connectivity index is 1.49. The van der Waals surface area contributed by atoms with Gasteiger partial charge in [0.1, 0.15) is 5.75 Å². The zero-order valence-electron chi connectivity index (χ0n) is 13.3. The van der Waals surface area contributed by atoms with Gasteiger partial charge in [-0.3, -0.25) is 0 Å². The Hall–Kier alpha value is -2.07. The van der Waals surface area contributed by atoms with Gasteiger partial charge in [-0.1, -0.05) is 23.4 Å². The second kappa shape index (κ2) is 8.09. The number of nitrogens with zero attached hydrogens (tertiary/aromatic N) is 2. The van der Waals surface area contributed by atoms with Gasteiger partial charge in [0, 0.05) is 16.3 Å². The summed E-state index contributed by atoms with van der Waals surface area (Å²) in [5, 5.41) is 14.1. The second-order valence-electron chi connectivity index (χ2n) is 5.09. The molecule has 0 amide bonds. The Morgan fingerprint density at radius 1 is 1.08 bits per heavy atom. The molecule has 10 heteroatoms. The predicted octanol–water partition coefficient (Wildman–Crippen LogP) is 3.21. The van der Waals surface area contributed by atoms with E-state index < -0.39 is 10.0 Å². The van der Waals surface area contributed by atoms with E-state index in [2.05, 4.69) is 10.2 Å². The molecule has 0 spiro atoms. The summed E-state index contributed by atoms with van der Waals surface area (Å²) in [5.41, 5.74) is 0.792. The van der Waals surface area contributed by atoms with Gasteiger partial charge in [-0.2, -0.15) is 0 Å². The topological polar surface area (TPSA) is 108 Å². The molecule has 26 heavy (non-hydrogen) atoms. The van der Waals surface area contributed by atoms with Gasteiger partial charge < -0.3 is 9.15 Å². The molecule has 136 valence electrons. The number of halogens is 1. The Morgan fingerprint density at radius 2 is 1.77 bits per heavy atom. The number of aromatic nitrogens is 2. The minimum absolute atomic E-state index is 0.0415. The van der Waals surface area contributed by atoms with E-state index in [1.165, 1.54) is 23.9 Å². The zero-order valence-corrected chi connectivity index (χ0v) is 15.7. The number of sulfonamides is 1. The van der Waals surface area contributed by atoms with Gasteiger partial charge in [0.05, 0.1) is 11.5 Å². The third-order valence-corrected chi connectivity index (χ3v) is 5.19. The molecule has 2 aromatic carbocycles. The molecular formula is C16H14ClN3O4S2. The Labute approximate surface area is 159 Å². The Morgan fingerprint density at radius 3 is 2.42 bits per heavy atom. The normalized spacial score (nSPS) is 11.5. The molecule has 0 atom stereocenters. The largest absolute Gasteiger partial charge is 0.493 e. The number of rotatable bonds is 7. The Kier molecular flexibility index (Phi) is 5.82. The molecule has 0 fully saturated rings. The molecule has 7 nitrogen and oxygen atoms in total. The first-order chi connectivity index (χ1) is 12.4. The number of hydrogen-bond donors (Lipinski definition) is 1. The van der Waals surface area contributed by atoms with Crippen LogP contribution in [0.1, 0.15) is 0 Å². The van der Waals surface area contributed by atoms with E-state index in [4.69, 9.17) is 25.9 Å². The summed E-state index contributed by atoms with van der Waals surface area (Å²) in [5.74, 6) is 1.55. The lowest BCUT2D eigenvalue weighted by atomic mass is 10.2. The van der Waals surface area contributed by atoms with Crippen molar-refractivity contribution in [2.45, 2.75) is 10.1 Å². The maximum Gasteiger partial charge on any atom is 0.276 e. The number of nitrogens with two attached hydrogens (primary N) is 1. The molecule has 3 aromatic rings. The fourth-order valence-corrected chi connectivity index (χ4v) is 3.21. The van der Waals surface area contributed by atoms with Gasteiger partial charge in [-0.15, -0.1) is 10.2 Å². The van der Waals surface area contributed by atoms with Gasteiger partial charge in [0.2, 0.25) is 15.9 Å². The molecule has 0 aliphatic carbocycles. The van der Waals surface area contributed by atoms with Crippen molar-refractivity contribution in [1.29, 1.82) is 0 Å². The molecule has 3 rings (SSSR count). The van der Waals surface area contributed by atoms with Crippen molar-refractivity contribution in [3.8, 4) is 17.2 Å². The van der Waals surface area contributed by atoms with Gasteiger partial charge in [-0.05, 0) is 48.5 Å². The highest BCUT2D eigenvalue weighted by Gasteiger charge is 2.10. The maximum absolute atomic E-state index is 11.2. The molecule has 0 radical (unpaired) electrons. The van der Waals surface area contributed by atoms with E-state index in [0.29, 0.717) is 34.2 Å². The highest BCUT2D eigenvalue weighted by molar-refractivity contribution is 7.99. The monoisotopic (exact) mass is 411 g/mol. The van der Waals surface area contributed by atoms with Crippen molar-refractivity contribution in [3.05, 3.63) is 53.6 Å². The lowest BCUT2D eigenvalue weighted by Gasteiger charge is -2.05. The van der Waals surface area contributed by atoms with E-state index in [1.54, 1.807) is 36.4 Å². The summed E-state index contributed by atoms with van der Waals surface area (Å²) < 4.78 is 33.5. The minimum Gasteiger partial charge on any atom is -0.493 e. The highest BCUT2D eigenvalue weighted by atomic mass is 35.5. The maximum atomic E-state index is 11.2. The number of thioether (sulfide) groups is 1. The van der Waals surface area contributed by atoms with E-state index in [0.717, 1.165) is 5.56 Å². The molecule has 1 aromatic heterocycles.